The number of rotatable bonds is 8. The second-order valence-corrected chi connectivity index (χ2v) is 4.56. The first kappa shape index (κ1) is 15.6. The van der Waals surface area contributed by atoms with Crippen LogP contribution in [0.3, 0.4) is 0 Å². The molecular weight excluding hydrogens is 268 g/mol. The summed E-state index contributed by atoms with van der Waals surface area (Å²) in [5.74, 6) is 0.104. The van der Waals surface area contributed by atoms with Crippen molar-refractivity contribution < 1.29 is 19.4 Å². The predicted molar refractivity (Wildman–Crippen MR) is 74.4 cm³/mol. The van der Waals surface area contributed by atoms with Crippen LogP contribution in [0.1, 0.15) is 32.3 Å². The van der Waals surface area contributed by atoms with E-state index in [4.69, 9.17) is 26.2 Å². The third kappa shape index (κ3) is 4.99. The highest BCUT2D eigenvalue weighted by molar-refractivity contribution is 6.32. The Morgan fingerprint density at radius 1 is 1.16 bits per heavy atom. The molecule has 0 aromatic heterocycles. The molecule has 0 saturated heterocycles. The van der Waals surface area contributed by atoms with Crippen molar-refractivity contribution in [1.29, 1.82) is 0 Å². The summed E-state index contributed by atoms with van der Waals surface area (Å²) in [6.07, 6.45) is 1.59. The van der Waals surface area contributed by atoms with Crippen LogP contribution >= 0.6 is 11.6 Å². The average molecular weight is 287 g/mol. The summed E-state index contributed by atoms with van der Waals surface area (Å²) in [6.45, 7) is 5.04. The first-order chi connectivity index (χ1) is 9.08. The van der Waals surface area contributed by atoms with Gasteiger partial charge in [-0.25, -0.2) is 0 Å². The first-order valence-corrected chi connectivity index (χ1v) is 6.76. The van der Waals surface area contributed by atoms with Crippen LogP contribution in [-0.2, 0) is 11.2 Å². The Balaban J connectivity index is 3.01. The van der Waals surface area contributed by atoms with Gasteiger partial charge in [0.1, 0.15) is 11.5 Å². The first-order valence-electron chi connectivity index (χ1n) is 6.38. The van der Waals surface area contributed by atoms with E-state index in [1.807, 2.05) is 13.8 Å². The molecule has 0 amide bonds. The molecule has 0 fully saturated rings. The van der Waals surface area contributed by atoms with E-state index in [-0.39, 0.29) is 6.42 Å². The molecule has 0 atom stereocenters. The molecule has 0 aliphatic carbocycles. The van der Waals surface area contributed by atoms with E-state index in [9.17, 15) is 4.79 Å². The highest BCUT2D eigenvalue weighted by atomic mass is 35.5. The molecule has 0 unspecified atom stereocenters. The minimum Gasteiger partial charge on any atom is -0.493 e. The number of hydrogen-bond donors (Lipinski definition) is 1. The molecule has 106 valence electrons. The molecule has 0 spiro atoms. The number of carboxylic acid groups (broad SMARTS) is 1. The maximum atomic E-state index is 10.9. The van der Waals surface area contributed by atoms with E-state index in [0.29, 0.717) is 35.3 Å². The van der Waals surface area contributed by atoms with Gasteiger partial charge >= 0.3 is 5.97 Å². The standard InChI is InChI=1S/C14H19ClO4/c1-3-5-18-12-9-11(15)13(19-6-4-2)7-10(12)8-14(16)17/h7,9H,3-6,8H2,1-2H3,(H,16,17). The highest BCUT2D eigenvalue weighted by Gasteiger charge is 2.13. The molecular formula is C14H19ClO4. The quantitative estimate of drug-likeness (QED) is 0.794. The molecule has 1 aromatic carbocycles. The molecule has 0 heterocycles. The van der Waals surface area contributed by atoms with Crippen molar-refractivity contribution in [3.05, 3.63) is 22.7 Å². The third-order valence-corrected chi connectivity index (χ3v) is 2.68. The largest absolute Gasteiger partial charge is 0.493 e. The van der Waals surface area contributed by atoms with Crippen LogP contribution in [0.2, 0.25) is 5.02 Å². The van der Waals surface area contributed by atoms with Crippen molar-refractivity contribution in [1.82, 2.24) is 0 Å². The van der Waals surface area contributed by atoms with Crippen molar-refractivity contribution in [2.24, 2.45) is 0 Å². The van der Waals surface area contributed by atoms with Crippen molar-refractivity contribution in [2.45, 2.75) is 33.1 Å². The van der Waals surface area contributed by atoms with Gasteiger partial charge in [0.15, 0.2) is 0 Å². The number of aliphatic carboxylic acids is 1. The normalized spacial score (nSPS) is 10.3. The maximum Gasteiger partial charge on any atom is 0.307 e. The SMILES string of the molecule is CCCOc1cc(CC(=O)O)c(OCCC)cc1Cl. The summed E-state index contributed by atoms with van der Waals surface area (Å²) in [5, 5.41) is 9.36. The van der Waals surface area contributed by atoms with Gasteiger partial charge in [-0.05, 0) is 18.9 Å². The fourth-order valence-electron chi connectivity index (χ4n) is 1.55. The van der Waals surface area contributed by atoms with Crippen LogP contribution < -0.4 is 9.47 Å². The van der Waals surface area contributed by atoms with Gasteiger partial charge in [-0.2, -0.15) is 0 Å². The second kappa shape index (κ2) is 7.89. The lowest BCUT2D eigenvalue weighted by Gasteiger charge is -2.14. The van der Waals surface area contributed by atoms with Crippen LogP contribution in [0.15, 0.2) is 12.1 Å². The van der Waals surface area contributed by atoms with E-state index in [0.717, 1.165) is 12.8 Å². The maximum absolute atomic E-state index is 10.9. The van der Waals surface area contributed by atoms with Crippen LogP contribution in [0.25, 0.3) is 0 Å². The van der Waals surface area contributed by atoms with Crippen molar-refractivity contribution >= 4 is 17.6 Å². The fourth-order valence-corrected chi connectivity index (χ4v) is 1.76. The van der Waals surface area contributed by atoms with Gasteiger partial charge in [-0.15, -0.1) is 0 Å². The van der Waals surface area contributed by atoms with Gasteiger partial charge in [0.2, 0.25) is 0 Å². The molecule has 5 heteroatoms. The lowest BCUT2D eigenvalue weighted by molar-refractivity contribution is -0.136. The molecule has 1 aromatic rings. The number of halogens is 1. The summed E-state index contributed by atoms with van der Waals surface area (Å²) in [6, 6.07) is 3.28. The van der Waals surface area contributed by atoms with Gasteiger partial charge in [-0.3, -0.25) is 4.79 Å². The molecule has 0 aliphatic rings. The highest BCUT2D eigenvalue weighted by Crippen LogP contribution is 2.33. The minimum atomic E-state index is -0.912. The smallest absolute Gasteiger partial charge is 0.307 e. The Bertz CT molecular complexity index is 432. The van der Waals surface area contributed by atoms with E-state index >= 15 is 0 Å². The molecule has 0 radical (unpaired) electrons. The lowest BCUT2D eigenvalue weighted by atomic mass is 10.1. The van der Waals surface area contributed by atoms with Crippen LogP contribution in [0, 0.1) is 0 Å². The second-order valence-electron chi connectivity index (χ2n) is 4.16. The number of carbonyl (C=O) groups is 1. The monoisotopic (exact) mass is 286 g/mol. The van der Waals surface area contributed by atoms with Crippen LogP contribution in [0.4, 0.5) is 0 Å². The number of ether oxygens (including phenoxy) is 2. The number of hydrogen-bond acceptors (Lipinski definition) is 3. The van der Waals surface area contributed by atoms with Gasteiger partial charge in [-0.1, -0.05) is 25.4 Å². The Morgan fingerprint density at radius 3 is 2.26 bits per heavy atom. The van der Waals surface area contributed by atoms with E-state index in [2.05, 4.69) is 0 Å². The topological polar surface area (TPSA) is 55.8 Å². The van der Waals surface area contributed by atoms with E-state index < -0.39 is 5.97 Å². The Labute approximate surface area is 118 Å². The zero-order chi connectivity index (χ0) is 14.3. The average Bonchev–Trinajstić information content (AvgIpc) is 2.36. The molecule has 1 N–H and O–H groups in total. The Morgan fingerprint density at radius 2 is 1.74 bits per heavy atom. The summed E-state index contributed by atoms with van der Waals surface area (Å²) in [7, 11) is 0. The summed E-state index contributed by atoms with van der Waals surface area (Å²) in [5.41, 5.74) is 0.580. The zero-order valence-electron chi connectivity index (χ0n) is 11.2. The molecule has 0 aliphatic heterocycles. The predicted octanol–water partition coefficient (Wildman–Crippen LogP) is 3.54. The van der Waals surface area contributed by atoms with Crippen molar-refractivity contribution in [2.75, 3.05) is 13.2 Å². The van der Waals surface area contributed by atoms with Gasteiger partial charge in [0, 0.05) is 11.6 Å². The zero-order valence-corrected chi connectivity index (χ0v) is 12.0. The molecule has 4 nitrogen and oxygen atoms in total. The molecule has 0 bridgehead atoms. The Hall–Kier alpha value is -1.42. The third-order valence-electron chi connectivity index (χ3n) is 2.38. The number of benzene rings is 1. The summed E-state index contributed by atoms with van der Waals surface area (Å²) >= 11 is 6.10. The summed E-state index contributed by atoms with van der Waals surface area (Å²) in [4.78, 5) is 10.9. The van der Waals surface area contributed by atoms with Crippen molar-refractivity contribution in [3.8, 4) is 11.5 Å². The fraction of sp³-hybridized carbons (Fsp3) is 0.500. The lowest BCUT2D eigenvalue weighted by Crippen LogP contribution is -2.06. The number of carboxylic acids is 1. The molecule has 19 heavy (non-hydrogen) atoms. The van der Waals surface area contributed by atoms with E-state index in [1.165, 1.54) is 0 Å². The summed E-state index contributed by atoms with van der Waals surface area (Å²) < 4.78 is 11.0. The van der Waals surface area contributed by atoms with Gasteiger partial charge in [0.25, 0.3) is 0 Å². The van der Waals surface area contributed by atoms with Crippen LogP contribution in [-0.4, -0.2) is 24.3 Å². The molecule has 1 rings (SSSR count). The van der Waals surface area contributed by atoms with E-state index in [1.54, 1.807) is 12.1 Å². The molecule has 0 saturated carbocycles. The minimum absolute atomic E-state index is 0.112. The van der Waals surface area contributed by atoms with Gasteiger partial charge < -0.3 is 14.6 Å². The van der Waals surface area contributed by atoms with Crippen molar-refractivity contribution in [3.63, 3.8) is 0 Å². The van der Waals surface area contributed by atoms with Gasteiger partial charge in [0.05, 0.1) is 24.7 Å². The van der Waals surface area contributed by atoms with Crippen LogP contribution in [0.5, 0.6) is 11.5 Å². The Kier molecular flexibility index (Phi) is 6.50.